The van der Waals surface area contributed by atoms with Gasteiger partial charge < -0.3 is 15.3 Å². The molecule has 0 aliphatic carbocycles. The van der Waals surface area contributed by atoms with Crippen LogP contribution in [-0.2, 0) is 4.79 Å². The average molecular weight is 191 g/mol. The number of rotatable bonds is 7. The van der Waals surface area contributed by atoms with Crippen LogP contribution in [0.15, 0.2) is 0 Å². The molecule has 3 N–H and O–H groups in total. The summed E-state index contributed by atoms with van der Waals surface area (Å²) in [6.45, 7) is 2.77. The summed E-state index contributed by atoms with van der Waals surface area (Å²) in [4.78, 5) is 12.0. The number of carbonyl (C=O) groups is 1. The van der Waals surface area contributed by atoms with Crippen molar-refractivity contribution < 1.29 is 20.1 Å². The average Bonchev–Trinajstić information content (AvgIpc) is 1.99. The first-order valence-corrected chi connectivity index (χ1v) is 4.29. The Morgan fingerprint density at radius 1 is 1.46 bits per heavy atom. The highest BCUT2D eigenvalue weighted by atomic mass is 16.4. The monoisotopic (exact) mass is 191 g/mol. The smallest absolute Gasteiger partial charge is 0.304 e. The molecule has 0 bridgehead atoms. The Kier molecular flexibility index (Phi) is 6.48. The van der Waals surface area contributed by atoms with E-state index in [1.165, 1.54) is 0 Å². The quantitative estimate of drug-likeness (QED) is 0.487. The van der Waals surface area contributed by atoms with Gasteiger partial charge in [0.15, 0.2) is 0 Å². The van der Waals surface area contributed by atoms with Gasteiger partial charge in [-0.15, -0.1) is 0 Å². The molecule has 5 nitrogen and oxygen atoms in total. The third kappa shape index (κ3) is 7.70. The minimum absolute atomic E-state index is 0.0215. The summed E-state index contributed by atoms with van der Waals surface area (Å²) in [5, 5.41) is 26.1. The maximum atomic E-state index is 10.2. The summed E-state index contributed by atoms with van der Waals surface area (Å²) in [6, 6.07) is 0. The minimum atomic E-state index is -0.867. The minimum Gasteiger partial charge on any atom is -0.481 e. The lowest BCUT2D eigenvalue weighted by Crippen LogP contribution is -2.35. The number of aliphatic hydroxyl groups is 2. The molecule has 0 aliphatic rings. The summed E-state index contributed by atoms with van der Waals surface area (Å²) in [6.07, 6.45) is -0.465. The second kappa shape index (κ2) is 6.82. The van der Waals surface area contributed by atoms with E-state index in [1.54, 1.807) is 11.8 Å². The third-order valence-corrected chi connectivity index (χ3v) is 1.58. The number of carboxylic acids is 1. The molecule has 1 unspecified atom stereocenters. The molecule has 0 saturated carbocycles. The standard InChI is InChI=1S/C8H17NO4/c1-7(11)6-9(4-5-10)3-2-8(12)13/h7,10-11H,2-6H2,1H3,(H,12,13). The molecule has 0 fully saturated rings. The Morgan fingerprint density at radius 3 is 2.46 bits per heavy atom. The molecule has 0 aromatic carbocycles. The van der Waals surface area contributed by atoms with Gasteiger partial charge >= 0.3 is 5.97 Å². The van der Waals surface area contributed by atoms with Crippen molar-refractivity contribution in [1.29, 1.82) is 0 Å². The van der Waals surface area contributed by atoms with E-state index in [9.17, 15) is 4.79 Å². The van der Waals surface area contributed by atoms with Crippen LogP contribution < -0.4 is 0 Å². The third-order valence-electron chi connectivity index (χ3n) is 1.58. The first-order valence-electron chi connectivity index (χ1n) is 4.29. The van der Waals surface area contributed by atoms with Crippen LogP contribution in [0.4, 0.5) is 0 Å². The highest BCUT2D eigenvalue weighted by Crippen LogP contribution is 1.94. The molecule has 0 aliphatic heterocycles. The normalized spacial score (nSPS) is 13.2. The zero-order valence-electron chi connectivity index (χ0n) is 7.81. The van der Waals surface area contributed by atoms with Crippen LogP contribution in [0.25, 0.3) is 0 Å². The number of hydrogen-bond donors (Lipinski definition) is 3. The fourth-order valence-electron chi connectivity index (χ4n) is 1.06. The molecular formula is C8H17NO4. The molecule has 0 amide bonds. The van der Waals surface area contributed by atoms with E-state index in [4.69, 9.17) is 15.3 Å². The lowest BCUT2D eigenvalue weighted by Gasteiger charge is -2.21. The van der Waals surface area contributed by atoms with Crippen molar-refractivity contribution >= 4 is 5.97 Å². The summed E-state index contributed by atoms with van der Waals surface area (Å²) in [7, 11) is 0. The molecule has 0 heterocycles. The molecule has 1 atom stereocenters. The molecule has 13 heavy (non-hydrogen) atoms. The topological polar surface area (TPSA) is 81.0 Å². The zero-order chi connectivity index (χ0) is 10.3. The van der Waals surface area contributed by atoms with E-state index in [2.05, 4.69) is 0 Å². The molecule has 0 aromatic rings. The fourth-order valence-corrected chi connectivity index (χ4v) is 1.06. The van der Waals surface area contributed by atoms with Gasteiger partial charge in [0.2, 0.25) is 0 Å². The number of aliphatic carboxylic acids is 1. The van der Waals surface area contributed by atoms with Gasteiger partial charge in [0.05, 0.1) is 19.1 Å². The Balaban J connectivity index is 3.72. The van der Waals surface area contributed by atoms with Crippen LogP contribution in [0, 0.1) is 0 Å². The predicted molar refractivity (Wildman–Crippen MR) is 47.5 cm³/mol. The van der Waals surface area contributed by atoms with Crippen molar-refractivity contribution in [2.45, 2.75) is 19.4 Å². The van der Waals surface area contributed by atoms with Crippen molar-refractivity contribution in [3.8, 4) is 0 Å². The summed E-state index contributed by atoms with van der Waals surface area (Å²) < 4.78 is 0. The van der Waals surface area contributed by atoms with Gasteiger partial charge in [-0.05, 0) is 6.92 Å². The van der Waals surface area contributed by atoms with Gasteiger partial charge in [-0.3, -0.25) is 9.69 Å². The van der Waals surface area contributed by atoms with E-state index in [0.29, 0.717) is 19.6 Å². The summed E-state index contributed by atoms with van der Waals surface area (Å²) in [5.41, 5.74) is 0. The number of aliphatic hydroxyl groups excluding tert-OH is 2. The Morgan fingerprint density at radius 2 is 2.08 bits per heavy atom. The number of nitrogens with zero attached hydrogens (tertiary/aromatic N) is 1. The predicted octanol–water partition coefficient (Wildman–Crippen LogP) is -0.864. The van der Waals surface area contributed by atoms with Gasteiger partial charge in [-0.25, -0.2) is 0 Å². The largest absolute Gasteiger partial charge is 0.481 e. The van der Waals surface area contributed by atoms with Crippen LogP contribution in [0.1, 0.15) is 13.3 Å². The van der Waals surface area contributed by atoms with E-state index in [1.807, 2.05) is 0 Å². The molecule has 5 heteroatoms. The van der Waals surface area contributed by atoms with Crippen molar-refractivity contribution in [3.05, 3.63) is 0 Å². The fraction of sp³-hybridized carbons (Fsp3) is 0.875. The SMILES string of the molecule is CC(O)CN(CCO)CCC(=O)O. The number of carboxylic acid groups (broad SMARTS) is 1. The van der Waals surface area contributed by atoms with Crippen LogP contribution in [0.3, 0.4) is 0 Å². The van der Waals surface area contributed by atoms with Crippen LogP contribution in [-0.4, -0.2) is 58.5 Å². The molecule has 0 spiro atoms. The van der Waals surface area contributed by atoms with Crippen LogP contribution >= 0.6 is 0 Å². The van der Waals surface area contributed by atoms with E-state index < -0.39 is 12.1 Å². The Labute approximate surface area is 77.6 Å². The second-order valence-corrected chi connectivity index (χ2v) is 3.02. The van der Waals surface area contributed by atoms with Gasteiger partial charge in [-0.1, -0.05) is 0 Å². The van der Waals surface area contributed by atoms with E-state index in [-0.39, 0.29) is 13.0 Å². The van der Waals surface area contributed by atoms with Crippen molar-refractivity contribution in [2.24, 2.45) is 0 Å². The van der Waals surface area contributed by atoms with Gasteiger partial charge in [-0.2, -0.15) is 0 Å². The number of hydrogen-bond acceptors (Lipinski definition) is 4. The van der Waals surface area contributed by atoms with Crippen molar-refractivity contribution in [3.63, 3.8) is 0 Å². The first-order chi connectivity index (χ1) is 6.06. The first kappa shape index (κ1) is 12.3. The molecule has 0 saturated heterocycles. The van der Waals surface area contributed by atoms with E-state index in [0.717, 1.165) is 0 Å². The van der Waals surface area contributed by atoms with Gasteiger partial charge in [0, 0.05) is 19.6 Å². The maximum Gasteiger partial charge on any atom is 0.304 e. The maximum absolute atomic E-state index is 10.2. The van der Waals surface area contributed by atoms with Crippen LogP contribution in [0.5, 0.6) is 0 Å². The molecule has 78 valence electrons. The zero-order valence-corrected chi connectivity index (χ0v) is 7.81. The second-order valence-electron chi connectivity index (χ2n) is 3.02. The molecule has 0 aromatic heterocycles. The highest BCUT2D eigenvalue weighted by molar-refractivity contribution is 5.66. The van der Waals surface area contributed by atoms with Crippen molar-refractivity contribution in [1.82, 2.24) is 4.90 Å². The highest BCUT2D eigenvalue weighted by Gasteiger charge is 2.08. The lowest BCUT2D eigenvalue weighted by atomic mass is 10.3. The lowest BCUT2D eigenvalue weighted by molar-refractivity contribution is -0.137. The Bertz CT molecular complexity index is 149. The van der Waals surface area contributed by atoms with Crippen molar-refractivity contribution in [2.75, 3.05) is 26.2 Å². The van der Waals surface area contributed by atoms with Gasteiger partial charge in [0.1, 0.15) is 0 Å². The molecular weight excluding hydrogens is 174 g/mol. The Hall–Kier alpha value is -0.650. The summed E-state index contributed by atoms with van der Waals surface area (Å²) >= 11 is 0. The molecule has 0 radical (unpaired) electrons. The summed E-state index contributed by atoms with van der Waals surface area (Å²) in [5.74, 6) is -0.867. The molecule has 0 rings (SSSR count). The van der Waals surface area contributed by atoms with Gasteiger partial charge in [0.25, 0.3) is 0 Å². The van der Waals surface area contributed by atoms with Crippen LogP contribution in [0.2, 0.25) is 0 Å². The van der Waals surface area contributed by atoms with E-state index >= 15 is 0 Å².